The van der Waals surface area contributed by atoms with E-state index in [1.807, 2.05) is 54.6 Å². The van der Waals surface area contributed by atoms with Crippen molar-refractivity contribution in [3.8, 4) is 11.5 Å². The smallest absolute Gasteiger partial charge is 0.343 e. The summed E-state index contributed by atoms with van der Waals surface area (Å²) in [5, 5.41) is 0.572. The Morgan fingerprint density at radius 3 is 2.18 bits per heavy atom. The number of halogens is 1. The molecule has 0 fully saturated rings. The van der Waals surface area contributed by atoms with E-state index in [0.29, 0.717) is 33.6 Å². The molecule has 1 unspecified atom stereocenters. The number of carbonyl (C=O) groups excluding carboxylic acids is 1. The predicted octanol–water partition coefficient (Wildman–Crippen LogP) is 6.87. The number of aromatic nitrogens is 1. The highest BCUT2D eigenvalue weighted by molar-refractivity contribution is 6.30. The molecule has 0 amide bonds. The summed E-state index contributed by atoms with van der Waals surface area (Å²) in [5.41, 5.74) is 2.75. The van der Waals surface area contributed by atoms with Crippen molar-refractivity contribution >= 4 is 28.7 Å². The summed E-state index contributed by atoms with van der Waals surface area (Å²) >= 11 is 5.87. The largest absolute Gasteiger partial charge is 0.476 e. The summed E-state index contributed by atoms with van der Waals surface area (Å²) in [5.74, 6) is 0.968. The number of benzene rings is 4. The molecule has 0 aliphatic heterocycles. The fourth-order valence-electron chi connectivity index (χ4n) is 3.37. The third-order valence-electron chi connectivity index (χ3n) is 5.01. The highest BCUT2D eigenvalue weighted by atomic mass is 35.5. The average Bonchev–Trinajstić information content (AvgIpc) is 3.29. The Labute approximate surface area is 195 Å². The Hall–Kier alpha value is -4.09. The average molecular weight is 456 g/mol. The van der Waals surface area contributed by atoms with Crippen LogP contribution >= 0.6 is 11.6 Å². The van der Waals surface area contributed by atoms with Crippen LogP contribution in [0.4, 0.5) is 0 Å². The van der Waals surface area contributed by atoms with Crippen LogP contribution in [-0.2, 0) is 0 Å². The molecule has 5 nitrogen and oxygen atoms in total. The van der Waals surface area contributed by atoms with Crippen LogP contribution in [0.15, 0.2) is 108 Å². The van der Waals surface area contributed by atoms with Gasteiger partial charge in [0.1, 0.15) is 17.0 Å². The van der Waals surface area contributed by atoms with E-state index >= 15 is 0 Å². The van der Waals surface area contributed by atoms with Crippen molar-refractivity contribution in [1.29, 1.82) is 0 Å². The summed E-state index contributed by atoms with van der Waals surface area (Å²) in [7, 11) is 0. The minimum atomic E-state index is -0.550. The third-order valence-corrected chi connectivity index (χ3v) is 5.26. The highest BCUT2D eigenvalue weighted by Crippen LogP contribution is 2.30. The first kappa shape index (κ1) is 20.8. The van der Waals surface area contributed by atoms with E-state index in [2.05, 4.69) is 4.98 Å². The standard InChI is InChI=1S/C27H18ClNO4/c28-20-12-16-22(17-13-20)32-27(30)19-10-14-21(15-11-19)31-25(18-6-2-1-3-7-18)26-29-23-8-4-5-9-24(23)33-26/h1-17,25H. The zero-order chi connectivity index (χ0) is 22.6. The number of rotatable bonds is 6. The summed E-state index contributed by atoms with van der Waals surface area (Å²) in [6.45, 7) is 0. The van der Waals surface area contributed by atoms with Crippen molar-refractivity contribution < 1.29 is 18.7 Å². The number of oxazole rings is 1. The molecule has 1 heterocycles. The van der Waals surface area contributed by atoms with Gasteiger partial charge in [-0.3, -0.25) is 0 Å². The van der Waals surface area contributed by atoms with Crippen molar-refractivity contribution in [2.24, 2.45) is 0 Å². The van der Waals surface area contributed by atoms with Gasteiger partial charge in [0, 0.05) is 10.6 Å². The molecule has 33 heavy (non-hydrogen) atoms. The Bertz CT molecular complexity index is 1350. The minimum absolute atomic E-state index is 0.399. The maximum atomic E-state index is 12.5. The van der Waals surface area contributed by atoms with Gasteiger partial charge in [0.05, 0.1) is 5.56 Å². The Morgan fingerprint density at radius 2 is 1.45 bits per heavy atom. The Morgan fingerprint density at radius 1 is 0.788 bits per heavy atom. The Kier molecular flexibility index (Phi) is 5.79. The molecular weight excluding hydrogens is 438 g/mol. The second-order valence-corrected chi connectivity index (χ2v) is 7.73. The van der Waals surface area contributed by atoms with Gasteiger partial charge in [-0.2, -0.15) is 0 Å². The number of fused-ring (bicyclic) bond motifs is 1. The molecule has 0 saturated carbocycles. The lowest BCUT2D eigenvalue weighted by Crippen LogP contribution is -2.11. The summed E-state index contributed by atoms with van der Waals surface area (Å²) in [6, 6.07) is 30.7. The third kappa shape index (κ3) is 4.73. The maximum absolute atomic E-state index is 12.5. The predicted molar refractivity (Wildman–Crippen MR) is 126 cm³/mol. The van der Waals surface area contributed by atoms with E-state index in [1.54, 1.807) is 48.5 Å². The van der Waals surface area contributed by atoms with Crippen LogP contribution in [0.5, 0.6) is 11.5 Å². The van der Waals surface area contributed by atoms with Gasteiger partial charge in [0.25, 0.3) is 0 Å². The molecule has 6 heteroatoms. The second-order valence-electron chi connectivity index (χ2n) is 7.30. The monoisotopic (exact) mass is 455 g/mol. The lowest BCUT2D eigenvalue weighted by atomic mass is 10.1. The zero-order valence-electron chi connectivity index (χ0n) is 17.4. The number of hydrogen-bond donors (Lipinski definition) is 0. The van der Waals surface area contributed by atoms with Gasteiger partial charge in [-0.05, 0) is 60.7 Å². The molecule has 0 aliphatic carbocycles. The van der Waals surface area contributed by atoms with Crippen molar-refractivity contribution in [3.05, 3.63) is 125 Å². The maximum Gasteiger partial charge on any atom is 0.343 e. The second kappa shape index (κ2) is 9.18. The van der Waals surface area contributed by atoms with Crippen molar-refractivity contribution in [3.63, 3.8) is 0 Å². The molecular formula is C27H18ClNO4. The number of esters is 1. The van der Waals surface area contributed by atoms with Gasteiger partial charge in [-0.15, -0.1) is 0 Å². The lowest BCUT2D eigenvalue weighted by Gasteiger charge is -2.17. The van der Waals surface area contributed by atoms with Crippen LogP contribution in [0.3, 0.4) is 0 Å². The van der Waals surface area contributed by atoms with Crippen LogP contribution in [0.1, 0.15) is 27.9 Å². The number of ether oxygens (including phenoxy) is 2. The van der Waals surface area contributed by atoms with Gasteiger partial charge in [0.15, 0.2) is 11.7 Å². The topological polar surface area (TPSA) is 61.6 Å². The lowest BCUT2D eigenvalue weighted by molar-refractivity contribution is 0.0734. The van der Waals surface area contributed by atoms with Gasteiger partial charge in [-0.25, -0.2) is 9.78 Å². The molecule has 1 atom stereocenters. The SMILES string of the molecule is O=C(Oc1ccc(Cl)cc1)c1ccc(OC(c2ccccc2)c2nc3ccccc3o2)cc1. The number of nitrogens with zero attached hydrogens (tertiary/aromatic N) is 1. The molecule has 0 spiro atoms. The number of hydrogen-bond acceptors (Lipinski definition) is 5. The van der Waals surface area contributed by atoms with Crippen LogP contribution in [0.2, 0.25) is 5.02 Å². The zero-order valence-corrected chi connectivity index (χ0v) is 18.1. The van der Waals surface area contributed by atoms with Crippen LogP contribution in [-0.4, -0.2) is 11.0 Å². The van der Waals surface area contributed by atoms with E-state index in [1.165, 1.54) is 0 Å². The van der Waals surface area contributed by atoms with Gasteiger partial charge >= 0.3 is 5.97 Å². The van der Waals surface area contributed by atoms with Crippen LogP contribution in [0, 0.1) is 0 Å². The fraction of sp³-hybridized carbons (Fsp3) is 0.0370. The van der Waals surface area contributed by atoms with Crippen molar-refractivity contribution in [2.75, 3.05) is 0 Å². The first-order chi connectivity index (χ1) is 16.2. The first-order valence-electron chi connectivity index (χ1n) is 10.3. The van der Waals surface area contributed by atoms with Crippen molar-refractivity contribution in [2.45, 2.75) is 6.10 Å². The highest BCUT2D eigenvalue weighted by Gasteiger charge is 2.22. The summed E-state index contributed by atoms with van der Waals surface area (Å²) in [6.07, 6.45) is -0.550. The van der Waals surface area contributed by atoms with E-state index in [0.717, 1.165) is 11.1 Å². The molecule has 0 saturated heterocycles. The van der Waals surface area contributed by atoms with Crippen molar-refractivity contribution in [1.82, 2.24) is 4.98 Å². The normalized spacial score (nSPS) is 11.8. The molecule has 1 aromatic heterocycles. The molecule has 0 bridgehead atoms. The molecule has 5 rings (SSSR count). The van der Waals surface area contributed by atoms with Gasteiger partial charge in [-0.1, -0.05) is 54.1 Å². The molecule has 0 radical (unpaired) electrons. The molecule has 162 valence electrons. The molecule has 5 aromatic rings. The first-order valence-corrected chi connectivity index (χ1v) is 10.7. The van der Waals surface area contributed by atoms with E-state index in [4.69, 9.17) is 25.5 Å². The van der Waals surface area contributed by atoms with Crippen LogP contribution < -0.4 is 9.47 Å². The van der Waals surface area contributed by atoms with E-state index < -0.39 is 12.1 Å². The molecule has 0 aliphatic rings. The summed E-state index contributed by atoms with van der Waals surface area (Å²) < 4.78 is 17.6. The fourth-order valence-corrected chi connectivity index (χ4v) is 3.49. The Balaban J connectivity index is 1.38. The quantitative estimate of drug-likeness (QED) is 0.206. The summed E-state index contributed by atoms with van der Waals surface area (Å²) in [4.78, 5) is 17.1. The number of carbonyl (C=O) groups is 1. The van der Waals surface area contributed by atoms with Gasteiger partial charge in [0.2, 0.25) is 5.89 Å². The molecule has 0 N–H and O–H groups in total. The van der Waals surface area contributed by atoms with E-state index in [9.17, 15) is 4.79 Å². The number of para-hydroxylation sites is 2. The van der Waals surface area contributed by atoms with E-state index in [-0.39, 0.29) is 0 Å². The van der Waals surface area contributed by atoms with Gasteiger partial charge < -0.3 is 13.9 Å². The molecule has 4 aromatic carbocycles. The minimum Gasteiger partial charge on any atom is -0.476 e. The van der Waals surface area contributed by atoms with Crippen LogP contribution in [0.25, 0.3) is 11.1 Å².